The molecule has 1 saturated carbocycles. The van der Waals surface area contributed by atoms with E-state index in [-0.39, 0.29) is 11.9 Å². The van der Waals surface area contributed by atoms with Crippen LogP contribution in [-0.2, 0) is 11.2 Å². The third-order valence-corrected chi connectivity index (χ3v) is 4.89. The maximum Gasteiger partial charge on any atom is 0.246 e. The van der Waals surface area contributed by atoms with Crippen LogP contribution >= 0.6 is 0 Å². The lowest BCUT2D eigenvalue weighted by molar-refractivity contribution is -0.130. The highest BCUT2D eigenvalue weighted by atomic mass is 16.2. The van der Waals surface area contributed by atoms with Gasteiger partial charge in [0, 0.05) is 6.54 Å². The molecule has 106 valence electrons. The van der Waals surface area contributed by atoms with Crippen molar-refractivity contribution >= 4 is 5.91 Å². The van der Waals surface area contributed by atoms with Gasteiger partial charge in [0.05, 0.1) is 6.04 Å². The zero-order chi connectivity index (χ0) is 13.9. The Kier molecular flexibility index (Phi) is 3.90. The SMILES string of the molecule is C=CC(=O)N1CCc2ccccc2C1C1CCCCC1. The maximum absolute atomic E-state index is 12.2. The molecule has 1 fully saturated rings. The van der Waals surface area contributed by atoms with Crippen LogP contribution in [0.25, 0.3) is 0 Å². The first-order valence-electron chi connectivity index (χ1n) is 7.82. The average molecular weight is 269 g/mol. The molecule has 2 heteroatoms. The predicted molar refractivity (Wildman–Crippen MR) is 81.4 cm³/mol. The van der Waals surface area contributed by atoms with E-state index in [0.717, 1.165) is 13.0 Å². The summed E-state index contributed by atoms with van der Waals surface area (Å²) in [7, 11) is 0. The molecule has 2 aliphatic rings. The van der Waals surface area contributed by atoms with Gasteiger partial charge >= 0.3 is 0 Å². The van der Waals surface area contributed by atoms with E-state index in [2.05, 4.69) is 35.7 Å². The van der Waals surface area contributed by atoms with Crippen molar-refractivity contribution in [1.29, 1.82) is 0 Å². The third kappa shape index (κ3) is 2.39. The van der Waals surface area contributed by atoms with Gasteiger partial charge < -0.3 is 4.90 Å². The largest absolute Gasteiger partial charge is 0.332 e. The second-order valence-corrected chi connectivity index (χ2v) is 6.03. The van der Waals surface area contributed by atoms with E-state index < -0.39 is 0 Å². The van der Waals surface area contributed by atoms with Crippen LogP contribution in [0.2, 0.25) is 0 Å². The quantitative estimate of drug-likeness (QED) is 0.746. The Balaban J connectivity index is 1.97. The Labute approximate surface area is 121 Å². The number of hydrogen-bond acceptors (Lipinski definition) is 1. The second-order valence-electron chi connectivity index (χ2n) is 6.03. The third-order valence-electron chi connectivity index (χ3n) is 4.89. The van der Waals surface area contributed by atoms with Gasteiger partial charge in [-0.05, 0) is 42.4 Å². The predicted octanol–water partition coefficient (Wildman–Crippen LogP) is 3.88. The lowest BCUT2D eigenvalue weighted by Gasteiger charge is -2.42. The first-order chi connectivity index (χ1) is 9.81. The highest BCUT2D eigenvalue weighted by Crippen LogP contribution is 2.41. The highest BCUT2D eigenvalue weighted by molar-refractivity contribution is 5.87. The van der Waals surface area contributed by atoms with Gasteiger partial charge in [-0.1, -0.05) is 50.1 Å². The van der Waals surface area contributed by atoms with Gasteiger partial charge in [-0.25, -0.2) is 0 Å². The Bertz CT molecular complexity index is 502. The zero-order valence-electron chi connectivity index (χ0n) is 12.1. The van der Waals surface area contributed by atoms with E-state index in [0.29, 0.717) is 5.92 Å². The monoisotopic (exact) mass is 269 g/mol. The summed E-state index contributed by atoms with van der Waals surface area (Å²) in [5, 5.41) is 0. The molecule has 0 bridgehead atoms. The van der Waals surface area contributed by atoms with Gasteiger partial charge in [-0.2, -0.15) is 0 Å². The van der Waals surface area contributed by atoms with Crippen molar-refractivity contribution in [3.05, 3.63) is 48.0 Å². The first-order valence-corrected chi connectivity index (χ1v) is 7.82. The molecule has 1 unspecified atom stereocenters. The fraction of sp³-hybridized carbons (Fsp3) is 0.500. The second kappa shape index (κ2) is 5.82. The minimum absolute atomic E-state index is 0.0927. The van der Waals surface area contributed by atoms with Crippen LogP contribution in [0.5, 0.6) is 0 Å². The van der Waals surface area contributed by atoms with Crippen LogP contribution in [0, 0.1) is 5.92 Å². The molecule has 3 rings (SSSR count). The van der Waals surface area contributed by atoms with Gasteiger partial charge in [0.1, 0.15) is 0 Å². The van der Waals surface area contributed by atoms with Crippen LogP contribution in [0.4, 0.5) is 0 Å². The summed E-state index contributed by atoms with van der Waals surface area (Å²) >= 11 is 0. The molecule has 1 aliphatic heterocycles. The molecule has 0 radical (unpaired) electrons. The minimum atomic E-state index is 0.0927. The fourth-order valence-corrected chi connectivity index (χ4v) is 3.92. The average Bonchev–Trinajstić information content (AvgIpc) is 2.53. The number of nitrogens with zero attached hydrogens (tertiary/aromatic N) is 1. The topological polar surface area (TPSA) is 20.3 Å². The van der Waals surface area contributed by atoms with Crippen molar-refractivity contribution in [3.8, 4) is 0 Å². The number of carbonyl (C=O) groups is 1. The zero-order valence-corrected chi connectivity index (χ0v) is 12.1. The maximum atomic E-state index is 12.2. The van der Waals surface area contributed by atoms with Gasteiger partial charge in [-0.3, -0.25) is 4.79 Å². The number of rotatable bonds is 2. The molecule has 0 saturated heterocycles. The van der Waals surface area contributed by atoms with Crippen LogP contribution in [0.1, 0.15) is 49.3 Å². The number of fused-ring (bicyclic) bond motifs is 1. The van der Waals surface area contributed by atoms with Gasteiger partial charge in [-0.15, -0.1) is 0 Å². The minimum Gasteiger partial charge on any atom is -0.332 e. The molecular formula is C18H23NO. The van der Waals surface area contributed by atoms with Crippen molar-refractivity contribution < 1.29 is 4.79 Å². The summed E-state index contributed by atoms with van der Waals surface area (Å²) in [6.45, 7) is 4.52. The highest BCUT2D eigenvalue weighted by Gasteiger charge is 2.35. The molecule has 1 atom stereocenters. The molecule has 1 amide bonds. The van der Waals surface area contributed by atoms with Gasteiger partial charge in [0.25, 0.3) is 0 Å². The number of amides is 1. The van der Waals surface area contributed by atoms with Gasteiger partial charge in [0.15, 0.2) is 0 Å². The standard InChI is InChI=1S/C18H23NO/c1-2-17(20)19-13-12-14-8-6-7-11-16(14)18(19)15-9-4-3-5-10-15/h2,6-8,11,15,18H,1,3-5,9-10,12-13H2. The molecule has 1 aromatic carbocycles. The van der Waals surface area contributed by atoms with Crippen molar-refractivity contribution in [2.45, 2.75) is 44.6 Å². The van der Waals surface area contributed by atoms with E-state index in [1.54, 1.807) is 0 Å². The van der Waals surface area contributed by atoms with Crippen molar-refractivity contribution in [2.24, 2.45) is 5.92 Å². The molecule has 1 aromatic rings. The van der Waals surface area contributed by atoms with E-state index in [9.17, 15) is 4.79 Å². The van der Waals surface area contributed by atoms with E-state index >= 15 is 0 Å². The molecule has 0 spiro atoms. The van der Waals surface area contributed by atoms with Crippen molar-refractivity contribution in [3.63, 3.8) is 0 Å². The number of benzene rings is 1. The smallest absolute Gasteiger partial charge is 0.246 e. The van der Waals surface area contributed by atoms with Crippen LogP contribution in [0.15, 0.2) is 36.9 Å². The molecule has 2 nitrogen and oxygen atoms in total. The Morgan fingerprint density at radius 1 is 1.20 bits per heavy atom. The van der Waals surface area contributed by atoms with Crippen molar-refractivity contribution in [1.82, 2.24) is 4.90 Å². The van der Waals surface area contributed by atoms with Crippen LogP contribution in [0.3, 0.4) is 0 Å². The Morgan fingerprint density at radius 2 is 1.95 bits per heavy atom. The normalized spacial score (nSPS) is 23.2. The molecular weight excluding hydrogens is 246 g/mol. The molecule has 0 aromatic heterocycles. The Hall–Kier alpha value is -1.57. The van der Waals surface area contributed by atoms with E-state index in [4.69, 9.17) is 0 Å². The first kappa shape index (κ1) is 13.4. The summed E-state index contributed by atoms with van der Waals surface area (Å²) in [6.07, 6.45) is 8.90. The van der Waals surface area contributed by atoms with Gasteiger partial charge in [0.2, 0.25) is 5.91 Å². The lowest BCUT2D eigenvalue weighted by Crippen LogP contribution is -2.42. The summed E-state index contributed by atoms with van der Waals surface area (Å²) < 4.78 is 0. The van der Waals surface area contributed by atoms with E-state index in [1.807, 2.05) is 0 Å². The summed E-state index contributed by atoms with van der Waals surface area (Å²) in [4.78, 5) is 14.3. The molecule has 1 heterocycles. The van der Waals surface area contributed by atoms with Crippen molar-refractivity contribution in [2.75, 3.05) is 6.54 Å². The van der Waals surface area contributed by atoms with E-state index in [1.165, 1.54) is 49.3 Å². The fourth-order valence-electron chi connectivity index (χ4n) is 3.92. The summed E-state index contributed by atoms with van der Waals surface area (Å²) in [5.41, 5.74) is 2.80. The summed E-state index contributed by atoms with van der Waals surface area (Å²) in [6, 6.07) is 8.93. The number of hydrogen-bond donors (Lipinski definition) is 0. The Morgan fingerprint density at radius 3 is 2.70 bits per heavy atom. The molecule has 1 aliphatic carbocycles. The lowest BCUT2D eigenvalue weighted by atomic mass is 9.77. The summed E-state index contributed by atoms with van der Waals surface area (Å²) in [5.74, 6) is 0.712. The molecule has 0 N–H and O–H groups in total. The van der Waals surface area contributed by atoms with Crippen LogP contribution < -0.4 is 0 Å². The molecule has 20 heavy (non-hydrogen) atoms. The van der Waals surface area contributed by atoms with Crippen LogP contribution in [-0.4, -0.2) is 17.4 Å². The number of carbonyl (C=O) groups excluding carboxylic acids is 1.